The normalized spacial score (nSPS) is 31.1. The highest BCUT2D eigenvalue weighted by atomic mass is 32.2. The Morgan fingerprint density at radius 3 is 2.57 bits per heavy atom. The lowest BCUT2D eigenvalue weighted by atomic mass is 9.96. The first-order valence-corrected chi connectivity index (χ1v) is 8.63. The molecule has 0 spiro atoms. The van der Waals surface area contributed by atoms with Gasteiger partial charge in [0.15, 0.2) is 5.17 Å². The highest BCUT2D eigenvalue weighted by Crippen LogP contribution is 2.30. The molecule has 2 unspecified atom stereocenters. The van der Waals surface area contributed by atoms with Crippen LogP contribution in [0.3, 0.4) is 0 Å². The van der Waals surface area contributed by atoms with Crippen molar-refractivity contribution >= 4 is 28.5 Å². The van der Waals surface area contributed by atoms with E-state index in [1.54, 1.807) is 0 Å². The molecule has 122 valence electrons. The number of aliphatic imine (C=N–C) groups is 1. The number of amides is 1. The molecule has 3 N–H and O–H groups in total. The zero-order chi connectivity index (χ0) is 16.6. The second-order valence-electron chi connectivity index (χ2n) is 6.24. The first-order valence-electron chi connectivity index (χ1n) is 7.82. The fourth-order valence-electron chi connectivity index (χ4n) is 2.80. The Labute approximate surface area is 141 Å². The summed E-state index contributed by atoms with van der Waals surface area (Å²) >= 11 is 1.41. The fraction of sp³-hybridized carbons (Fsp3) is 0.412. The lowest BCUT2D eigenvalue weighted by Crippen LogP contribution is -2.30. The fourth-order valence-corrected chi connectivity index (χ4v) is 3.66. The van der Waals surface area contributed by atoms with Gasteiger partial charge < -0.3 is 5.32 Å². The number of thioether (sulfide) groups is 1. The third kappa shape index (κ3) is 3.49. The number of hydrogen-bond acceptors (Lipinski definition) is 5. The molecular weight excluding hydrogens is 308 g/mol. The highest BCUT2D eigenvalue weighted by Gasteiger charge is 2.32. The van der Waals surface area contributed by atoms with E-state index in [-0.39, 0.29) is 11.8 Å². The SMILES string of the molecule is Cc1ccc(C)c(N=C2NC(=O)/C(=C/C3C(C)NNC3C)S2)c1. The first-order chi connectivity index (χ1) is 10.9. The van der Waals surface area contributed by atoms with Crippen molar-refractivity contribution in [2.45, 2.75) is 39.8 Å². The molecule has 2 fully saturated rings. The van der Waals surface area contributed by atoms with Gasteiger partial charge in [0, 0.05) is 18.0 Å². The molecule has 2 saturated heterocycles. The second-order valence-corrected chi connectivity index (χ2v) is 7.27. The first kappa shape index (κ1) is 16.2. The zero-order valence-corrected chi connectivity index (χ0v) is 14.6. The third-order valence-electron chi connectivity index (χ3n) is 4.27. The number of hydrazine groups is 1. The Balaban J connectivity index is 1.82. The summed E-state index contributed by atoms with van der Waals surface area (Å²) in [7, 11) is 0. The maximum absolute atomic E-state index is 12.2. The van der Waals surface area contributed by atoms with E-state index in [2.05, 4.69) is 41.1 Å². The van der Waals surface area contributed by atoms with Crippen LogP contribution in [0.1, 0.15) is 25.0 Å². The minimum atomic E-state index is -0.0645. The Kier molecular flexibility index (Phi) is 4.57. The van der Waals surface area contributed by atoms with Crippen LogP contribution in [0.25, 0.3) is 0 Å². The second kappa shape index (κ2) is 6.47. The smallest absolute Gasteiger partial charge is 0.263 e. The van der Waals surface area contributed by atoms with Crippen molar-refractivity contribution in [2.24, 2.45) is 10.9 Å². The standard InChI is InChI=1S/C17H22N4OS/c1-9-5-6-10(2)14(7-9)18-17-19-16(22)15(23-17)8-13-11(3)20-21-12(13)4/h5-8,11-13,20-21H,1-4H3,(H,18,19,22)/b15-8-. The van der Waals surface area contributed by atoms with Crippen LogP contribution < -0.4 is 16.2 Å². The Bertz CT molecular complexity index is 688. The van der Waals surface area contributed by atoms with E-state index in [9.17, 15) is 4.79 Å². The van der Waals surface area contributed by atoms with Gasteiger partial charge in [-0.05, 0) is 56.7 Å². The number of aryl methyl sites for hydroxylation is 2. The van der Waals surface area contributed by atoms with Crippen LogP contribution in [0.2, 0.25) is 0 Å². The zero-order valence-electron chi connectivity index (χ0n) is 13.8. The maximum atomic E-state index is 12.2. The molecule has 0 bridgehead atoms. The molecule has 2 atom stereocenters. The van der Waals surface area contributed by atoms with Crippen LogP contribution in [-0.4, -0.2) is 23.2 Å². The van der Waals surface area contributed by atoms with E-state index < -0.39 is 0 Å². The molecule has 3 rings (SSSR count). The van der Waals surface area contributed by atoms with Gasteiger partial charge in [-0.15, -0.1) is 0 Å². The molecule has 2 aliphatic heterocycles. The molecule has 23 heavy (non-hydrogen) atoms. The molecule has 1 aromatic carbocycles. The summed E-state index contributed by atoms with van der Waals surface area (Å²) in [6.45, 7) is 8.29. The summed E-state index contributed by atoms with van der Waals surface area (Å²) in [6.07, 6.45) is 2.05. The van der Waals surface area contributed by atoms with Crippen LogP contribution in [0.5, 0.6) is 0 Å². The number of carbonyl (C=O) groups is 1. The van der Waals surface area contributed by atoms with Crippen molar-refractivity contribution < 1.29 is 4.79 Å². The number of amidine groups is 1. The van der Waals surface area contributed by atoms with Gasteiger partial charge in [0.1, 0.15) is 0 Å². The van der Waals surface area contributed by atoms with Crippen molar-refractivity contribution in [3.8, 4) is 0 Å². The van der Waals surface area contributed by atoms with Crippen molar-refractivity contribution in [3.63, 3.8) is 0 Å². The van der Waals surface area contributed by atoms with Gasteiger partial charge in [-0.2, -0.15) is 0 Å². The van der Waals surface area contributed by atoms with Crippen molar-refractivity contribution in [1.29, 1.82) is 0 Å². The molecule has 2 heterocycles. The van der Waals surface area contributed by atoms with Crippen LogP contribution in [0, 0.1) is 19.8 Å². The van der Waals surface area contributed by atoms with Crippen molar-refractivity contribution in [2.75, 3.05) is 0 Å². The number of nitrogens with one attached hydrogen (secondary N) is 3. The van der Waals surface area contributed by atoms with Crippen molar-refractivity contribution in [1.82, 2.24) is 16.2 Å². The summed E-state index contributed by atoms with van der Waals surface area (Å²) in [5.74, 6) is 0.216. The third-order valence-corrected chi connectivity index (χ3v) is 5.20. The molecule has 0 radical (unpaired) electrons. The predicted octanol–water partition coefficient (Wildman–Crippen LogP) is 2.54. The highest BCUT2D eigenvalue weighted by molar-refractivity contribution is 8.18. The lowest BCUT2D eigenvalue weighted by Gasteiger charge is -2.13. The molecule has 0 aliphatic carbocycles. The van der Waals surface area contributed by atoms with Gasteiger partial charge in [-0.1, -0.05) is 18.2 Å². The molecule has 0 aromatic heterocycles. The Hall–Kier alpha value is -1.63. The average Bonchev–Trinajstić information content (AvgIpc) is 3.00. The van der Waals surface area contributed by atoms with E-state index in [1.165, 1.54) is 11.8 Å². The van der Waals surface area contributed by atoms with Gasteiger partial charge in [-0.3, -0.25) is 15.6 Å². The largest absolute Gasteiger partial charge is 0.300 e. The summed E-state index contributed by atoms with van der Waals surface area (Å²) in [5.41, 5.74) is 9.57. The van der Waals surface area contributed by atoms with Crippen LogP contribution in [0.4, 0.5) is 5.69 Å². The quantitative estimate of drug-likeness (QED) is 0.729. The molecule has 6 heteroatoms. The topological polar surface area (TPSA) is 65.5 Å². The molecule has 1 aromatic rings. The number of nitrogens with zero attached hydrogens (tertiary/aromatic N) is 1. The van der Waals surface area contributed by atoms with E-state index in [0.29, 0.717) is 17.3 Å². The predicted molar refractivity (Wildman–Crippen MR) is 95.5 cm³/mol. The molecule has 5 nitrogen and oxygen atoms in total. The van der Waals surface area contributed by atoms with Gasteiger partial charge >= 0.3 is 0 Å². The van der Waals surface area contributed by atoms with Gasteiger partial charge in [-0.25, -0.2) is 4.99 Å². The molecule has 2 aliphatic rings. The number of rotatable bonds is 2. The van der Waals surface area contributed by atoms with E-state index in [0.717, 1.165) is 21.7 Å². The molecule has 1 amide bonds. The Morgan fingerprint density at radius 1 is 1.17 bits per heavy atom. The van der Waals surface area contributed by atoms with Gasteiger partial charge in [0.25, 0.3) is 5.91 Å². The van der Waals surface area contributed by atoms with E-state index in [4.69, 9.17) is 0 Å². The summed E-state index contributed by atoms with van der Waals surface area (Å²) < 4.78 is 0. The van der Waals surface area contributed by atoms with Gasteiger partial charge in [0.2, 0.25) is 0 Å². The number of carbonyl (C=O) groups excluding carboxylic acids is 1. The molecular formula is C17H22N4OS. The minimum Gasteiger partial charge on any atom is -0.300 e. The minimum absolute atomic E-state index is 0.0645. The van der Waals surface area contributed by atoms with Gasteiger partial charge in [0.05, 0.1) is 10.6 Å². The van der Waals surface area contributed by atoms with Crippen molar-refractivity contribution in [3.05, 3.63) is 40.3 Å². The Morgan fingerprint density at radius 2 is 1.87 bits per heavy atom. The van der Waals surface area contributed by atoms with E-state index in [1.807, 2.05) is 32.1 Å². The van der Waals surface area contributed by atoms with Crippen LogP contribution in [-0.2, 0) is 4.79 Å². The number of hydrogen-bond donors (Lipinski definition) is 3. The summed E-state index contributed by atoms with van der Waals surface area (Å²) in [6, 6.07) is 6.74. The van der Waals surface area contributed by atoms with Crippen LogP contribution >= 0.6 is 11.8 Å². The monoisotopic (exact) mass is 330 g/mol. The lowest BCUT2D eigenvalue weighted by molar-refractivity contribution is -0.115. The number of benzene rings is 1. The summed E-state index contributed by atoms with van der Waals surface area (Å²) in [4.78, 5) is 17.5. The summed E-state index contributed by atoms with van der Waals surface area (Å²) in [5, 5.41) is 3.52. The van der Waals surface area contributed by atoms with Crippen LogP contribution in [0.15, 0.2) is 34.2 Å². The van der Waals surface area contributed by atoms with E-state index >= 15 is 0 Å². The molecule has 0 saturated carbocycles. The maximum Gasteiger partial charge on any atom is 0.263 e. The average molecular weight is 330 g/mol.